The molecule has 5 heteroatoms. The largest absolute Gasteiger partial charge is 0.374 e. The molecule has 0 saturated carbocycles. The Morgan fingerprint density at radius 1 is 1.22 bits per heavy atom. The van der Waals surface area contributed by atoms with Gasteiger partial charge in [-0.05, 0) is 50.1 Å². The Morgan fingerprint density at radius 3 is 2.74 bits per heavy atom. The van der Waals surface area contributed by atoms with Crippen molar-refractivity contribution in [3.05, 3.63) is 59.9 Å². The van der Waals surface area contributed by atoms with Crippen molar-refractivity contribution in [1.82, 2.24) is 10.3 Å². The van der Waals surface area contributed by atoms with E-state index >= 15 is 0 Å². The molecule has 0 fully saturated rings. The van der Waals surface area contributed by atoms with Gasteiger partial charge in [-0.2, -0.15) is 0 Å². The molecule has 1 unspecified atom stereocenters. The molecule has 1 heterocycles. The molecule has 1 aromatic carbocycles. The lowest BCUT2D eigenvalue weighted by Gasteiger charge is -2.15. The van der Waals surface area contributed by atoms with Gasteiger partial charge in [-0.15, -0.1) is 0 Å². The molecule has 2 rings (SSSR count). The second-order valence-corrected chi connectivity index (χ2v) is 5.67. The van der Waals surface area contributed by atoms with Crippen molar-refractivity contribution in [2.45, 2.75) is 39.5 Å². The molecule has 2 aromatic rings. The Balaban J connectivity index is 1.91. The number of rotatable bonds is 6. The first kappa shape index (κ1) is 17.0. The minimum absolute atomic E-state index is 0.115. The van der Waals surface area contributed by atoms with Crippen LogP contribution in [0.5, 0.6) is 0 Å². The summed E-state index contributed by atoms with van der Waals surface area (Å²) in [6.07, 6.45) is 3.63. The summed E-state index contributed by atoms with van der Waals surface area (Å²) in [6, 6.07) is 11.1. The van der Waals surface area contributed by atoms with Crippen LogP contribution >= 0.6 is 0 Å². The first-order chi connectivity index (χ1) is 11.0. The van der Waals surface area contributed by atoms with Crippen molar-refractivity contribution in [3.8, 4) is 0 Å². The Kier molecular flexibility index (Phi) is 6.11. The maximum Gasteiger partial charge on any atom is 0.319 e. The highest BCUT2D eigenvalue weighted by atomic mass is 16.5. The Bertz CT molecular complexity index is 629. The zero-order valence-corrected chi connectivity index (χ0v) is 13.7. The maximum atomic E-state index is 12.1. The molecule has 0 aliphatic rings. The lowest BCUT2D eigenvalue weighted by Crippen LogP contribution is -2.31. The molecule has 0 radical (unpaired) electrons. The number of carbonyl (C=O) groups excluding carboxylic acids is 1. The van der Waals surface area contributed by atoms with Gasteiger partial charge in [0, 0.05) is 18.1 Å². The molecule has 2 amide bonds. The predicted octanol–water partition coefficient (Wildman–Crippen LogP) is 3.89. The summed E-state index contributed by atoms with van der Waals surface area (Å²) < 4.78 is 5.57. The van der Waals surface area contributed by atoms with Crippen molar-refractivity contribution >= 4 is 11.7 Å². The highest BCUT2D eigenvalue weighted by Gasteiger charge is 2.09. The quantitative estimate of drug-likeness (QED) is 0.850. The maximum absolute atomic E-state index is 12.1. The molecule has 23 heavy (non-hydrogen) atoms. The molecule has 1 aromatic heterocycles. The fourth-order valence-corrected chi connectivity index (χ4v) is 2.08. The smallest absolute Gasteiger partial charge is 0.319 e. The summed E-state index contributed by atoms with van der Waals surface area (Å²) in [5, 5.41) is 5.74. The molecule has 0 aliphatic carbocycles. The van der Waals surface area contributed by atoms with Gasteiger partial charge in [0.05, 0.1) is 18.8 Å². The van der Waals surface area contributed by atoms with Gasteiger partial charge in [0.25, 0.3) is 0 Å². The average molecular weight is 313 g/mol. The lowest BCUT2D eigenvalue weighted by molar-refractivity contribution is 0.0657. The number of hydrogen-bond acceptors (Lipinski definition) is 3. The SMILES string of the molecule is CC(C)OCc1cccc(NC(=O)NC(C)c2cccnc2)c1. The van der Waals surface area contributed by atoms with Crippen LogP contribution < -0.4 is 10.6 Å². The van der Waals surface area contributed by atoms with Crippen molar-refractivity contribution in [1.29, 1.82) is 0 Å². The third-order valence-electron chi connectivity index (χ3n) is 3.30. The standard InChI is InChI=1S/C18H23N3O2/c1-13(2)23-12-15-6-4-8-17(10-15)21-18(22)20-14(3)16-7-5-9-19-11-16/h4-11,13-14H,12H2,1-3H3,(H2,20,21,22). The van der Waals surface area contributed by atoms with Crippen LogP contribution in [-0.2, 0) is 11.3 Å². The van der Waals surface area contributed by atoms with Crippen molar-refractivity contribution in [2.75, 3.05) is 5.32 Å². The fourth-order valence-electron chi connectivity index (χ4n) is 2.08. The van der Waals surface area contributed by atoms with Crippen molar-refractivity contribution in [2.24, 2.45) is 0 Å². The molecular weight excluding hydrogens is 290 g/mol. The number of amides is 2. The zero-order chi connectivity index (χ0) is 16.7. The number of urea groups is 1. The molecule has 2 N–H and O–H groups in total. The molecule has 0 spiro atoms. The van der Waals surface area contributed by atoms with E-state index in [-0.39, 0.29) is 18.2 Å². The van der Waals surface area contributed by atoms with Gasteiger partial charge < -0.3 is 15.4 Å². The first-order valence-corrected chi connectivity index (χ1v) is 7.72. The number of nitrogens with one attached hydrogen (secondary N) is 2. The molecular formula is C18H23N3O2. The second kappa shape index (κ2) is 8.29. The van der Waals surface area contributed by atoms with Crippen LogP contribution in [0.15, 0.2) is 48.8 Å². The van der Waals surface area contributed by atoms with E-state index in [0.29, 0.717) is 6.61 Å². The lowest BCUT2D eigenvalue weighted by atomic mass is 10.1. The van der Waals surface area contributed by atoms with Gasteiger partial charge in [-0.25, -0.2) is 4.79 Å². The van der Waals surface area contributed by atoms with Gasteiger partial charge in [-0.1, -0.05) is 18.2 Å². The minimum atomic E-state index is -0.247. The van der Waals surface area contributed by atoms with E-state index < -0.39 is 0 Å². The summed E-state index contributed by atoms with van der Waals surface area (Å²) in [7, 11) is 0. The summed E-state index contributed by atoms with van der Waals surface area (Å²) in [5.74, 6) is 0. The Morgan fingerprint density at radius 2 is 2.04 bits per heavy atom. The van der Waals surface area contributed by atoms with Gasteiger partial charge >= 0.3 is 6.03 Å². The highest BCUT2D eigenvalue weighted by Crippen LogP contribution is 2.14. The average Bonchev–Trinajstić information content (AvgIpc) is 2.54. The van der Waals surface area contributed by atoms with E-state index in [1.165, 1.54) is 0 Å². The van der Waals surface area contributed by atoms with Crippen LogP contribution in [0.4, 0.5) is 10.5 Å². The van der Waals surface area contributed by atoms with Crippen LogP contribution in [0.3, 0.4) is 0 Å². The number of hydrogen-bond donors (Lipinski definition) is 2. The van der Waals surface area contributed by atoms with E-state index in [4.69, 9.17) is 4.74 Å². The normalized spacial score (nSPS) is 12.0. The molecule has 1 atom stereocenters. The van der Waals surface area contributed by atoms with E-state index in [2.05, 4.69) is 15.6 Å². The van der Waals surface area contributed by atoms with Crippen LogP contribution in [0.1, 0.15) is 37.9 Å². The number of benzene rings is 1. The molecule has 0 aliphatic heterocycles. The number of pyridine rings is 1. The van der Waals surface area contributed by atoms with Gasteiger partial charge in [0.1, 0.15) is 0 Å². The van der Waals surface area contributed by atoms with E-state index in [1.807, 2.05) is 57.2 Å². The Hall–Kier alpha value is -2.40. The van der Waals surface area contributed by atoms with Crippen LogP contribution in [0.2, 0.25) is 0 Å². The highest BCUT2D eigenvalue weighted by molar-refractivity contribution is 5.89. The first-order valence-electron chi connectivity index (χ1n) is 7.72. The van der Waals surface area contributed by atoms with E-state index in [9.17, 15) is 4.79 Å². The molecule has 0 saturated heterocycles. The number of anilines is 1. The number of aromatic nitrogens is 1. The molecule has 5 nitrogen and oxygen atoms in total. The molecule has 122 valence electrons. The Labute approximate surface area is 137 Å². The summed E-state index contributed by atoms with van der Waals surface area (Å²) >= 11 is 0. The van der Waals surface area contributed by atoms with Crippen LogP contribution in [-0.4, -0.2) is 17.1 Å². The number of nitrogens with zero attached hydrogens (tertiary/aromatic N) is 1. The zero-order valence-electron chi connectivity index (χ0n) is 13.7. The third-order valence-corrected chi connectivity index (χ3v) is 3.30. The minimum Gasteiger partial charge on any atom is -0.374 e. The summed E-state index contributed by atoms with van der Waals surface area (Å²) in [5.41, 5.74) is 2.73. The van der Waals surface area contributed by atoms with E-state index in [1.54, 1.807) is 12.4 Å². The summed E-state index contributed by atoms with van der Waals surface area (Å²) in [4.78, 5) is 16.2. The third kappa shape index (κ3) is 5.71. The molecule has 0 bridgehead atoms. The van der Waals surface area contributed by atoms with Gasteiger partial charge in [-0.3, -0.25) is 4.98 Å². The van der Waals surface area contributed by atoms with Crippen LogP contribution in [0, 0.1) is 0 Å². The second-order valence-electron chi connectivity index (χ2n) is 5.67. The van der Waals surface area contributed by atoms with Crippen molar-refractivity contribution in [3.63, 3.8) is 0 Å². The fraction of sp³-hybridized carbons (Fsp3) is 0.333. The van der Waals surface area contributed by atoms with Gasteiger partial charge in [0.2, 0.25) is 0 Å². The predicted molar refractivity (Wildman–Crippen MR) is 91.2 cm³/mol. The van der Waals surface area contributed by atoms with Gasteiger partial charge in [0.15, 0.2) is 0 Å². The number of carbonyl (C=O) groups is 1. The topological polar surface area (TPSA) is 63.2 Å². The number of ether oxygens (including phenoxy) is 1. The summed E-state index contributed by atoms with van der Waals surface area (Å²) in [6.45, 7) is 6.44. The van der Waals surface area contributed by atoms with Crippen LogP contribution in [0.25, 0.3) is 0 Å². The van der Waals surface area contributed by atoms with Crippen molar-refractivity contribution < 1.29 is 9.53 Å². The monoisotopic (exact) mass is 313 g/mol. The van der Waals surface area contributed by atoms with E-state index in [0.717, 1.165) is 16.8 Å².